The number of hydrogen-bond acceptors (Lipinski definition) is 8. The highest BCUT2D eigenvalue weighted by molar-refractivity contribution is 5.99. The molecule has 1 fully saturated rings. The van der Waals surface area contributed by atoms with Gasteiger partial charge in [-0.1, -0.05) is 26.7 Å². The van der Waals surface area contributed by atoms with E-state index in [9.17, 15) is 9.18 Å². The summed E-state index contributed by atoms with van der Waals surface area (Å²) in [7, 11) is 0. The summed E-state index contributed by atoms with van der Waals surface area (Å²) in [6.45, 7) is 5.73. The number of fused-ring (bicyclic) bond motifs is 1. The maximum Gasteiger partial charge on any atom is 0.252 e. The van der Waals surface area contributed by atoms with Gasteiger partial charge in [0.2, 0.25) is 5.88 Å². The molecule has 6 N–H and O–H groups in total. The van der Waals surface area contributed by atoms with Gasteiger partial charge >= 0.3 is 0 Å². The lowest BCUT2D eigenvalue weighted by molar-refractivity contribution is 0.0811. The smallest absolute Gasteiger partial charge is 0.252 e. The number of nitrogens with zero attached hydrogens (tertiary/aromatic N) is 2. The highest BCUT2D eigenvalue weighted by atomic mass is 19.1. The minimum absolute atomic E-state index is 0.0372. The van der Waals surface area contributed by atoms with Crippen molar-refractivity contribution >= 4 is 34.0 Å². The van der Waals surface area contributed by atoms with E-state index in [1.54, 1.807) is 6.20 Å². The van der Waals surface area contributed by atoms with Crippen molar-refractivity contribution in [2.45, 2.75) is 51.6 Å². The molecule has 37 heavy (non-hydrogen) atoms. The van der Waals surface area contributed by atoms with E-state index in [0.29, 0.717) is 37.3 Å². The van der Waals surface area contributed by atoms with Gasteiger partial charge in [0, 0.05) is 36.0 Å². The van der Waals surface area contributed by atoms with Gasteiger partial charge in [0.05, 0.1) is 12.2 Å². The van der Waals surface area contributed by atoms with Crippen LogP contribution in [0.25, 0.3) is 10.8 Å². The molecule has 0 bridgehead atoms. The van der Waals surface area contributed by atoms with Crippen LogP contribution in [0.15, 0.2) is 36.5 Å². The molecule has 9 nitrogen and oxygen atoms in total. The second-order valence-electron chi connectivity index (χ2n) is 9.77. The first kappa shape index (κ1) is 26.6. The second kappa shape index (κ2) is 12.2. The number of amides is 1. The van der Waals surface area contributed by atoms with Gasteiger partial charge < -0.3 is 31.6 Å². The molecule has 0 unspecified atom stereocenters. The zero-order valence-electron chi connectivity index (χ0n) is 21.3. The van der Waals surface area contributed by atoms with Crippen molar-refractivity contribution in [2.75, 3.05) is 30.5 Å². The van der Waals surface area contributed by atoms with Crippen molar-refractivity contribution in [3.05, 3.63) is 47.9 Å². The SMILES string of the molecule is CC(C)COCCOc1nccc2cc(Nc3nc(N[C@@H]4CCCC[C@@H]4N)c(F)cc3C(N)=O)ccc12. The zero-order valence-corrected chi connectivity index (χ0v) is 21.3. The molecule has 2 heterocycles. The average molecular weight is 511 g/mol. The number of halogens is 1. The minimum atomic E-state index is -0.782. The molecule has 1 aromatic carbocycles. The number of primary amides is 1. The fourth-order valence-corrected chi connectivity index (χ4v) is 4.38. The van der Waals surface area contributed by atoms with Crippen LogP contribution in [-0.4, -0.2) is 47.8 Å². The first-order chi connectivity index (χ1) is 17.8. The van der Waals surface area contributed by atoms with Crippen molar-refractivity contribution in [2.24, 2.45) is 17.4 Å². The number of nitrogens with two attached hydrogens (primary N) is 2. The van der Waals surface area contributed by atoms with E-state index in [2.05, 4.69) is 34.4 Å². The molecule has 4 rings (SSSR count). The van der Waals surface area contributed by atoms with Gasteiger partial charge in [0.25, 0.3) is 5.91 Å². The normalized spacial score (nSPS) is 17.6. The molecular weight excluding hydrogens is 475 g/mol. The molecule has 3 aromatic rings. The van der Waals surface area contributed by atoms with Crippen LogP contribution in [0.1, 0.15) is 49.9 Å². The number of carbonyl (C=O) groups excluding carboxylic acids is 1. The van der Waals surface area contributed by atoms with Crippen LogP contribution in [0, 0.1) is 11.7 Å². The van der Waals surface area contributed by atoms with E-state index in [0.717, 1.165) is 42.5 Å². The van der Waals surface area contributed by atoms with Crippen LogP contribution < -0.4 is 26.8 Å². The number of benzene rings is 1. The molecule has 0 spiro atoms. The fourth-order valence-electron chi connectivity index (χ4n) is 4.38. The molecule has 2 atom stereocenters. The summed E-state index contributed by atoms with van der Waals surface area (Å²) in [4.78, 5) is 20.8. The van der Waals surface area contributed by atoms with Gasteiger partial charge in [0.15, 0.2) is 11.6 Å². The van der Waals surface area contributed by atoms with Crippen LogP contribution in [0.5, 0.6) is 5.88 Å². The standard InChI is InChI=1S/C27H35FN6O3/c1-16(2)15-36-11-12-37-27-19-8-7-18(13-17(19)9-10-31-27)32-25-20(24(30)35)14-21(28)26(34-25)33-23-6-4-3-5-22(23)29/h7-10,13-14,16,22-23H,3-6,11-12,15,29H2,1-2H3,(H2,30,35)(H2,32,33,34)/t22-,23+/m0/s1. The summed E-state index contributed by atoms with van der Waals surface area (Å²) in [5, 5.41) is 7.94. The Morgan fingerprint density at radius 2 is 1.97 bits per heavy atom. The van der Waals surface area contributed by atoms with Crippen LogP contribution in [-0.2, 0) is 4.74 Å². The van der Waals surface area contributed by atoms with E-state index in [1.807, 2.05) is 24.3 Å². The third-order valence-corrected chi connectivity index (χ3v) is 6.29. The van der Waals surface area contributed by atoms with Gasteiger partial charge in [-0.05, 0) is 54.5 Å². The first-order valence-electron chi connectivity index (χ1n) is 12.7. The van der Waals surface area contributed by atoms with Gasteiger partial charge in [0.1, 0.15) is 12.4 Å². The Morgan fingerprint density at radius 1 is 1.16 bits per heavy atom. The number of ether oxygens (including phenoxy) is 2. The summed E-state index contributed by atoms with van der Waals surface area (Å²) < 4.78 is 26.2. The summed E-state index contributed by atoms with van der Waals surface area (Å²) in [5.74, 6) is -0.270. The lowest BCUT2D eigenvalue weighted by Gasteiger charge is -2.30. The van der Waals surface area contributed by atoms with E-state index in [1.165, 1.54) is 0 Å². The molecule has 10 heteroatoms. The minimum Gasteiger partial charge on any atom is -0.475 e. The monoisotopic (exact) mass is 510 g/mol. The quantitative estimate of drug-likeness (QED) is 0.280. The molecule has 1 amide bonds. The van der Waals surface area contributed by atoms with Crippen LogP contribution in [0.2, 0.25) is 0 Å². The van der Waals surface area contributed by atoms with Crippen molar-refractivity contribution in [1.29, 1.82) is 0 Å². The number of hydrogen-bond donors (Lipinski definition) is 4. The molecule has 2 aromatic heterocycles. The van der Waals surface area contributed by atoms with E-state index < -0.39 is 11.7 Å². The lowest BCUT2D eigenvalue weighted by atomic mass is 9.91. The summed E-state index contributed by atoms with van der Waals surface area (Å²) >= 11 is 0. The molecule has 198 valence electrons. The molecular formula is C27H35FN6O3. The average Bonchev–Trinajstić information content (AvgIpc) is 2.86. The third-order valence-electron chi connectivity index (χ3n) is 6.29. The molecule has 1 aliphatic carbocycles. The van der Waals surface area contributed by atoms with E-state index in [4.69, 9.17) is 20.9 Å². The maximum atomic E-state index is 14.8. The number of nitrogens with one attached hydrogen (secondary N) is 2. The predicted molar refractivity (Wildman–Crippen MR) is 143 cm³/mol. The number of carbonyl (C=O) groups is 1. The predicted octanol–water partition coefficient (Wildman–Crippen LogP) is 4.34. The molecule has 0 saturated heterocycles. The van der Waals surface area contributed by atoms with Gasteiger partial charge in [-0.15, -0.1) is 0 Å². The summed E-state index contributed by atoms with van der Waals surface area (Å²) in [5.41, 5.74) is 12.3. The Hall–Kier alpha value is -3.50. The van der Waals surface area contributed by atoms with Crippen molar-refractivity contribution in [3.63, 3.8) is 0 Å². The Labute approximate surface area is 216 Å². The Balaban J connectivity index is 1.53. The van der Waals surface area contributed by atoms with Gasteiger partial charge in [-0.3, -0.25) is 4.79 Å². The number of pyridine rings is 2. The molecule has 1 saturated carbocycles. The molecule has 1 aliphatic rings. The lowest BCUT2D eigenvalue weighted by Crippen LogP contribution is -2.43. The van der Waals surface area contributed by atoms with Crippen LogP contribution in [0.3, 0.4) is 0 Å². The fraction of sp³-hybridized carbons (Fsp3) is 0.444. The summed E-state index contributed by atoms with van der Waals surface area (Å²) in [6.07, 6.45) is 5.43. The van der Waals surface area contributed by atoms with Crippen molar-refractivity contribution in [1.82, 2.24) is 9.97 Å². The van der Waals surface area contributed by atoms with E-state index >= 15 is 0 Å². The molecule has 0 aliphatic heterocycles. The zero-order chi connectivity index (χ0) is 26.4. The Morgan fingerprint density at radius 3 is 2.73 bits per heavy atom. The van der Waals surface area contributed by atoms with Crippen LogP contribution >= 0.6 is 0 Å². The van der Waals surface area contributed by atoms with Gasteiger partial charge in [-0.25, -0.2) is 14.4 Å². The third kappa shape index (κ3) is 6.84. The van der Waals surface area contributed by atoms with Crippen LogP contribution in [0.4, 0.5) is 21.7 Å². The maximum absolute atomic E-state index is 14.8. The Kier molecular flexibility index (Phi) is 8.73. The van der Waals surface area contributed by atoms with Crippen molar-refractivity contribution in [3.8, 4) is 5.88 Å². The van der Waals surface area contributed by atoms with E-state index in [-0.39, 0.29) is 29.3 Å². The van der Waals surface area contributed by atoms with Gasteiger partial charge in [-0.2, -0.15) is 0 Å². The first-order valence-corrected chi connectivity index (χ1v) is 12.7. The summed E-state index contributed by atoms with van der Waals surface area (Å²) in [6, 6.07) is 8.33. The topological polar surface area (TPSA) is 137 Å². The second-order valence-corrected chi connectivity index (χ2v) is 9.77. The number of aromatic nitrogens is 2. The molecule has 0 radical (unpaired) electrons. The largest absolute Gasteiger partial charge is 0.475 e. The highest BCUT2D eigenvalue weighted by Gasteiger charge is 2.24. The highest BCUT2D eigenvalue weighted by Crippen LogP contribution is 2.30. The number of anilines is 3. The number of rotatable bonds is 11. The van der Waals surface area contributed by atoms with Crippen molar-refractivity contribution < 1.29 is 18.7 Å². The Bertz CT molecular complexity index is 1240.